The summed E-state index contributed by atoms with van der Waals surface area (Å²) < 4.78 is 0. The van der Waals surface area contributed by atoms with Crippen molar-refractivity contribution in [1.82, 2.24) is 15.5 Å². The molecule has 2 fully saturated rings. The van der Waals surface area contributed by atoms with Gasteiger partial charge in [-0.2, -0.15) is 10.4 Å². The SMILES string of the molecule is Cl.N#Cc1ccc(Cl)c(-c2ccc3[nH]nc(NC(=O)C4CC(NC5CCC5)C4)c3c2)c1. The van der Waals surface area contributed by atoms with Crippen molar-refractivity contribution >= 4 is 46.6 Å². The normalized spacial score (nSPS) is 20.3. The molecule has 2 aliphatic carbocycles. The number of aromatic nitrogens is 2. The summed E-state index contributed by atoms with van der Waals surface area (Å²) in [5.74, 6) is 0.573. The predicted molar refractivity (Wildman–Crippen MR) is 124 cm³/mol. The van der Waals surface area contributed by atoms with E-state index >= 15 is 0 Å². The molecule has 0 radical (unpaired) electrons. The lowest BCUT2D eigenvalue weighted by Gasteiger charge is -2.40. The first-order chi connectivity index (χ1) is 14.6. The molecule has 0 unspecified atom stereocenters. The lowest BCUT2D eigenvalue weighted by Crippen LogP contribution is -2.51. The van der Waals surface area contributed by atoms with E-state index in [4.69, 9.17) is 11.6 Å². The number of benzene rings is 2. The Labute approximate surface area is 191 Å². The summed E-state index contributed by atoms with van der Waals surface area (Å²) >= 11 is 6.36. The molecule has 0 aliphatic heterocycles. The molecule has 8 heteroatoms. The molecule has 1 amide bonds. The molecule has 2 aromatic carbocycles. The number of hydrogen-bond acceptors (Lipinski definition) is 4. The summed E-state index contributed by atoms with van der Waals surface area (Å²) in [6.45, 7) is 0. The summed E-state index contributed by atoms with van der Waals surface area (Å²) in [7, 11) is 0. The van der Waals surface area contributed by atoms with E-state index in [1.54, 1.807) is 18.2 Å². The van der Waals surface area contributed by atoms with Crippen molar-refractivity contribution in [1.29, 1.82) is 5.26 Å². The number of halogens is 2. The number of nitrogens with one attached hydrogen (secondary N) is 3. The lowest BCUT2D eigenvalue weighted by atomic mass is 9.78. The first-order valence-corrected chi connectivity index (χ1v) is 10.7. The van der Waals surface area contributed by atoms with Crippen LogP contribution >= 0.6 is 24.0 Å². The fourth-order valence-corrected chi connectivity index (χ4v) is 4.41. The van der Waals surface area contributed by atoms with Gasteiger partial charge in [0.2, 0.25) is 5.91 Å². The molecule has 160 valence electrons. The number of hydrogen-bond donors (Lipinski definition) is 3. The third-order valence-electron chi connectivity index (χ3n) is 6.30. The molecule has 0 saturated heterocycles. The van der Waals surface area contributed by atoms with Crippen LogP contribution in [0.2, 0.25) is 5.02 Å². The van der Waals surface area contributed by atoms with Gasteiger partial charge >= 0.3 is 0 Å². The number of carbonyl (C=O) groups is 1. The van der Waals surface area contributed by atoms with Gasteiger partial charge in [-0.3, -0.25) is 9.89 Å². The summed E-state index contributed by atoms with van der Waals surface area (Å²) in [5.41, 5.74) is 3.03. The van der Waals surface area contributed by atoms with E-state index in [9.17, 15) is 10.1 Å². The maximum absolute atomic E-state index is 12.7. The monoisotopic (exact) mass is 455 g/mol. The first-order valence-electron chi connectivity index (χ1n) is 10.4. The maximum atomic E-state index is 12.7. The quantitative estimate of drug-likeness (QED) is 0.502. The van der Waals surface area contributed by atoms with Crippen LogP contribution in [0.3, 0.4) is 0 Å². The van der Waals surface area contributed by atoms with Crippen molar-refractivity contribution in [3.05, 3.63) is 47.0 Å². The highest BCUT2D eigenvalue weighted by Crippen LogP contribution is 2.34. The number of nitriles is 1. The van der Waals surface area contributed by atoms with Crippen LogP contribution in [0.25, 0.3) is 22.0 Å². The van der Waals surface area contributed by atoms with Crippen LogP contribution in [0, 0.1) is 17.2 Å². The number of nitrogens with zero attached hydrogens (tertiary/aromatic N) is 2. The number of anilines is 1. The van der Waals surface area contributed by atoms with Crippen LogP contribution in [0.1, 0.15) is 37.7 Å². The second kappa shape index (κ2) is 8.88. The topological polar surface area (TPSA) is 93.6 Å². The average molecular weight is 456 g/mol. The Morgan fingerprint density at radius 1 is 1.16 bits per heavy atom. The van der Waals surface area contributed by atoms with E-state index in [1.165, 1.54) is 19.3 Å². The molecule has 2 aliphatic rings. The van der Waals surface area contributed by atoms with Crippen LogP contribution < -0.4 is 10.6 Å². The van der Waals surface area contributed by atoms with Gasteiger partial charge in [-0.05, 0) is 61.6 Å². The van der Waals surface area contributed by atoms with Gasteiger partial charge in [-0.1, -0.05) is 24.1 Å². The number of aromatic amines is 1. The fourth-order valence-electron chi connectivity index (χ4n) is 4.19. The van der Waals surface area contributed by atoms with Crippen molar-refractivity contribution in [3.63, 3.8) is 0 Å². The summed E-state index contributed by atoms with van der Waals surface area (Å²) in [6, 6.07) is 14.2. The zero-order valence-corrected chi connectivity index (χ0v) is 18.4. The van der Waals surface area contributed by atoms with Crippen LogP contribution in [0.5, 0.6) is 0 Å². The molecule has 3 N–H and O–H groups in total. The van der Waals surface area contributed by atoms with Crippen molar-refractivity contribution in [2.75, 3.05) is 5.32 Å². The molecule has 6 nitrogen and oxygen atoms in total. The minimum atomic E-state index is 0. The molecule has 5 rings (SSSR count). The van der Waals surface area contributed by atoms with E-state index in [1.807, 2.05) is 18.2 Å². The first kappa shape index (κ1) is 21.6. The second-order valence-corrected chi connectivity index (χ2v) is 8.70. The van der Waals surface area contributed by atoms with Crippen molar-refractivity contribution in [2.24, 2.45) is 5.92 Å². The molecular weight excluding hydrogens is 433 g/mol. The average Bonchev–Trinajstić information content (AvgIpc) is 3.08. The van der Waals surface area contributed by atoms with E-state index < -0.39 is 0 Å². The third kappa shape index (κ3) is 4.27. The molecule has 0 spiro atoms. The number of H-pyrrole nitrogens is 1. The van der Waals surface area contributed by atoms with Crippen molar-refractivity contribution in [3.8, 4) is 17.2 Å². The molecule has 0 bridgehead atoms. The van der Waals surface area contributed by atoms with Gasteiger partial charge in [0.15, 0.2) is 5.82 Å². The third-order valence-corrected chi connectivity index (χ3v) is 6.63. The molecular formula is C23H23Cl2N5O. The van der Waals surface area contributed by atoms with E-state index in [0.717, 1.165) is 34.9 Å². The van der Waals surface area contributed by atoms with E-state index in [-0.39, 0.29) is 24.2 Å². The standard InChI is InChI=1S/C23H22ClN5O.ClH/c24-20-6-4-13(12-25)8-18(20)14-5-7-21-19(11-14)22(29-28-21)27-23(30)15-9-17(10-15)26-16-2-1-3-16;/h4-8,11,15-17,26H,1-3,9-10H2,(H2,27,28,29,30);1H. The Morgan fingerprint density at radius 2 is 1.97 bits per heavy atom. The summed E-state index contributed by atoms with van der Waals surface area (Å²) in [6.07, 6.45) is 5.60. The van der Waals surface area contributed by atoms with Crippen molar-refractivity contribution < 1.29 is 4.79 Å². The number of amides is 1. The largest absolute Gasteiger partial charge is 0.311 e. The zero-order valence-electron chi connectivity index (χ0n) is 16.8. The van der Waals surface area contributed by atoms with Gasteiger partial charge in [-0.15, -0.1) is 12.4 Å². The second-order valence-electron chi connectivity index (χ2n) is 8.29. The Kier molecular flexibility index (Phi) is 6.19. The summed E-state index contributed by atoms with van der Waals surface area (Å²) in [4.78, 5) is 12.7. The maximum Gasteiger partial charge on any atom is 0.228 e. The van der Waals surface area contributed by atoms with Crippen molar-refractivity contribution in [2.45, 2.75) is 44.2 Å². The number of fused-ring (bicyclic) bond motifs is 1. The van der Waals surface area contributed by atoms with Crippen LogP contribution in [0.4, 0.5) is 5.82 Å². The Bertz CT molecular complexity index is 1160. The Hall–Kier alpha value is -2.59. The van der Waals surface area contributed by atoms with Crippen LogP contribution in [-0.2, 0) is 4.79 Å². The number of carbonyl (C=O) groups excluding carboxylic acids is 1. The number of rotatable bonds is 5. The Balaban J connectivity index is 0.00000231. The van der Waals surface area contributed by atoms with E-state index in [2.05, 4.69) is 26.9 Å². The molecule has 1 aromatic heterocycles. The highest BCUT2D eigenvalue weighted by Gasteiger charge is 2.36. The van der Waals surface area contributed by atoms with Gasteiger partial charge in [0.1, 0.15) is 0 Å². The van der Waals surface area contributed by atoms with E-state index in [0.29, 0.717) is 28.5 Å². The molecule has 2 saturated carbocycles. The van der Waals surface area contributed by atoms with Gasteiger partial charge in [0.25, 0.3) is 0 Å². The van der Waals surface area contributed by atoms with Gasteiger partial charge in [0.05, 0.1) is 17.1 Å². The Morgan fingerprint density at radius 3 is 2.68 bits per heavy atom. The fraction of sp³-hybridized carbons (Fsp3) is 0.348. The highest BCUT2D eigenvalue weighted by molar-refractivity contribution is 6.33. The van der Waals surface area contributed by atoms with Gasteiger partial charge < -0.3 is 10.6 Å². The minimum absolute atomic E-state index is 0. The highest BCUT2D eigenvalue weighted by atomic mass is 35.5. The molecule has 1 heterocycles. The zero-order chi connectivity index (χ0) is 20.7. The minimum Gasteiger partial charge on any atom is -0.311 e. The predicted octanol–water partition coefficient (Wildman–Crippen LogP) is 5.04. The molecule has 0 atom stereocenters. The van der Waals surface area contributed by atoms with Crippen LogP contribution in [0.15, 0.2) is 36.4 Å². The van der Waals surface area contributed by atoms with Crippen LogP contribution in [-0.4, -0.2) is 28.2 Å². The van der Waals surface area contributed by atoms with Gasteiger partial charge in [0, 0.05) is 34.0 Å². The summed E-state index contributed by atoms with van der Waals surface area (Å²) in [5, 5.41) is 24.5. The molecule has 3 aromatic rings. The molecule has 31 heavy (non-hydrogen) atoms. The smallest absolute Gasteiger partial charge is 0.228 e. The lowest BCUT2D eigenvalue weighted by molar-refractivity contribution is -0.123. The van der Waals surface area contributed by atoms with Gasteiger partial charge in [-0.25, -0.2) is 0 Å².